The zero-order valence-electron chi connectivity index (χ0n) is 11.1. The van der Waals surface area contributed by atoms with Gasteiger partial charge >= 0.3 is 0 Å². The molecule has 2 aromatic rings. The van der Waals surface area contributed by atoms with Crippen molar-refractivity contribution in [1.29, 1.82) is 0 Å². The Labute approximate surface area is 119 Å². The quantitative estimate of drug-likeness (QED) is 0.886. The Kier molecular flexibility index (Phi) is 4.16. The highest BCUT2D eigenvalue weighted by molar-refractivity contribution is 7.09. The largest absolute Gasteiger partial charge is 0.380 e. The van der Waals surface area contributed by atoms with Gasteiger partial charge in [-0.3, -0.25) is 4.90 Å². The van der Waals surface area contributed by atoms with Gasteiger partial charge in [0, 0.05) is 23.7 Å². The summed E-state index contributed by atoms with van der Waals surface area (Å²) in [5, 5.41) is 5.59. The highest BCUT2D eigenvalue weighted by Gasteiger charge is 2.11. The van der Waals surface area contributed by atoms with Crippen LogP contribution in [0, 0.1) is 0 Å². The molecule has 0 radical (unpaired) electrons. The van der Waals surface area contributed by atoms with Crippen LogP contribution in [-0.4, -0.2) is 18.0 Å². The normalized spacial score (nSPS) is 15.8. The van der Waals surface area contributed by atoms with Crippen LogP contribution in [0.1, 0.15) is 23.3 Å². The van der Waals surface area contributed by atoms with Crippen LogP contribution in [0.3, 0.4) is 0 Å². The summed E-state index contributed by atoms with van der Waals surface area (Å²) >= 11 is 1.80. The zero-order valence-corrected chi connectivity index (χ0v) is 12.0. The van der Waals surface area contributed by atoms with Gasteiger partial charge in [-0.2, -0.15) is 0 Å². The molecule has 1 aromatic carbocycles. The Morgan fingerprint density at radius 3 is 2.53 bits per heavy atom. The molecule has 0 spiro atoms. The minimum absolute atomic E-state index is 0.920. The maximum Gasteiger partial charge on any atom is 0.0494 e. The summed E-state index contributed by atoms with van der Waals surface area (Å²) in [5.74, 6) is 0. The molecule has 0 amide bonds. The first-order valence-electron chi connectivity index (χ1n) is 6.98. The van der Waals surface area contributed by atoms with Crippen molar-refractivity contribution in [1.82, 2.24) is 4.90 Å². The van der Waals surface area contributed by atoms with Crippen LogP contribution >= 0.6 is 11.3 Å². The molecule has 1 fully saturated rings. The first-order chi connectivity index (χ1) is 9.40. The molecule has 0 atom stereocenters. The van der Waals surface area contributed by atoms with Crippen LogP contribution in [0.25, 0.3) is 0 Å². The van der Waals surface area contributed by atoms with Crippen molar-refractivity contribution in [3.8, 4) is 0 Å². The second kappa shape index (κ2) is 6.22. The lowest BCUT2D eigenvalue weighted by Gasteiger charge is -2.14. The predicted octanol–water partition coefficient (Wildman–Crippen LogP) is 3.96. The number of anilines is 1. The van der Waals surface area contributed by atoms with E-state index in [2.05, 4.69) is 52.0 Å². The van der Waals surface area contributed by atoms with Crippen LogP contribution in [0.4, 0.5) is 5.69 Å². The third-order valence-electron chi connectivity index (χ3n) is 3.61. The highest BCUT2D eigenvalue weighted by atomic mass is 32.1. The van der Waals surface area contributed by atoms with E-state index in [1.165, 1.54) is 42.1 Å². The summed E-state index contributed by atoms with van der Waals surface area (Å²) in [7, 11) is 0. The summed E-state index contributed by atoms with van der Waals surface area (Å²) in [6, 6.07) is 13.1. The summed E-state index contributed by atoms with van der Waals surface area (Å²) in [5.41, 5.74) is 2.63. The van der Waals surface area contributed by atoms with E-state index in [4.69, 9.17) is 0 Å². The standard InChI is InChI=1S/C16H20N2S/c1-2-10-18(9-1)13-14-5-7-15(8-6-14)17-12-16-4-3-11-19-16/h3-8,11,17H,1-2,9-10,12-13H2. The fraction of sp³-hybridized carbons (Fsp3) is 0.375. The fourth-order valence-corrected chi connectivity index (χ4v) is 3.17. The van der Waals surface area contributed by atoms with Crippen molar-refractivity contribution in [3.63, 3.8) is 0 Å². The van der Waals surface area contributed by atoms with E-state index >= 15 is 0 Å². The molecule has 1 saturated heterocycles. The number of hydrogen-bond donors (Lipinski definition) is 1. The van der Waals surface area contributed by atoms with Crippen molar-refractivity contribution in [3.05, 3.63) is 52.2 Å². The van der Waals surface area contributed by atoms with Crippen molar-refractivity contribution >= 4 is 17.0 Å². The molecule has 19 heavy (non-hydrogen) atoms. The second-order valence-electron chi connectivity index (χ2n) is 5.11. The Morgan fingerprint density at radius 1 is 1.05 bits per heavy atom. The number of hydrogen-bond acceptors (Lipinski definition) is 3. The SMILES string of the molecule is c1csc(CNc2ccc(CN3CCCC3)cc2)c1. The number of nitrogens with one attached hydrogen (secondary N) is 1. The molecule has 1 aromatic heterocycles. The summed E-state index contributed by atoms with van der Waals surface area (Å²) in [4.78, 5) is 3.91. The summed E-state index contributed by atoms with van der Waals surface area (Å²) < 4.78 is 0. The van der Waals surface area contributed by atoms with Crippen LogP contribution < -0.4 is 5.32 Å². The maximum atomic E-state index is 3.46. The van der Waals surface area contributed by atoms with Gasteiger partial charge in [0.15, 0.2) is 0 Å². The zero-order chi connectivity index (χ0) is 12.9. The maximum absolute atomic E-state index is 3.46. The smallest absolute Gasteiger partial charge is 0.0494 e. The molecule has 0 saturated carbocycles. The molecule has 3 rings (SSSR count). The summed E-state index contributed by atoms with van der Waals surface area (Å²) in [6.45, 7) is 4.55. The molecule has 1 aliphatic heterocycles. The van der Waals surface area contributed by atoms with Gasteiger partial charge in [-0.1, -0.05) is 18.2 Å². The second-order valence-corrected chi connectivity index (χ2v) is 6.15. The molecular weight excluding hydrogens is 252 g/mol. The Morgan fingerprint density at radius 2 is 1.84 bits per heavy atom. The van der Waals surface area contributed by atoms with Gasteiger partial charge in [-0.05, 0) is 55.1 Å². The fourth-order valence-electron chi connectivity index (χ4n) is 2.53. The summed E-state index contributed by atoms with van der Waals surface area (Å²) in [6.07, 6.45) is 2.72. The lowest BCUT2D eigenvalue weighted by atomic mass is 10.2. The van der Waals surface area contributed by atoms with Crippen molar-refractivity contribution in [2.45, 2.75) is 25.9 Å². The Hall–Kier alpha value is -1.32. The van der Waals surface area contributed by atoms with Gasteiger partial charge in [0.2, 0.25) is 0 Å². The number of likely N-dealkylation sites (tertiary alicyclic amines) is 1. The Bertz CT molecular complexity index is 484. The van der Waals surface area contributed by atoms with Crippen molar-refractivity contribution < 1.29 is 0 Å². The van der Waals surface area contributed by atoms with E-state index in [1.54, 1.807) is 11.3 Å². The molecule has 100 valence electrons. The average Bonchev–Trinajstić information content (AvgIpc) is 3.11. The van der Waals surface area contributed by atoms with Crippen LogP contribution in [0.15, 0.2) is 41.8 Å². The van der Waals surface area contributed by atoms with Gasteiger partial charge in [0.05, 0.1) is 0 Å². The van der Waals surface area contributed by atoms with Crippen molar-refractivity contribution in [2.24, 2.45) is 0 Å². The number of nitrogens with zero attached hydrogens (tertiary/aromatic N) is 1. The van der Waals surface area contributed by atoms with E-state index in [1.807, 2.05) is 0 Å². The molecule has 0 aliphatic carbocycles. The lowest BCUT2D eigenvalue weighted by Crippen LogP contribution is -2.18. The lowest BCUT2D eigenvalue weighted by molar-refractivity contribution is 0.331. The van der Waals surface area contributed by atoms with Gasteiger partial charge in [0.1, 0.15) is 0 Å². The van der Waals surface area contributed by atoms with Crippen LogP contribution in [-0.2, 0) is 13.1 Å². The van der Waals surface area contributed by atoms with E-state index in [9.17, 15) is 0 Å². The van der Waals surface area contributed by atoms with Gasteiger partial charge < -0.3 is 5.32 Å². The Balaban J connectivity index is 1.53. The average molecular weight is 272 g/mol. The van der Waals surface area contributed by atoms with Gasteiger partial charge in [-0.15, -0.1) is 11.3 Å². The molecule has 1 aliphatic rings. The third-order valence-corrected chi connectivity index (χ3v) is 4.48. The number of thiophene rings is 1. The minimum Gasteiger partial charge on any atom is -0.380 e. The minimum atomic E-state index is 0.920. The topological polar surface area (TPSA) is 15.3 Å². The van der Waals surface area contributed by atoms with Crippen LogP contribution in [0.2, 0.25) is 0 Å². The van der Waals surface area contributed by atoms with Gasteiger partial charge in [0.25, 0.3) is 0 Å². The van der Waals surface area contributed by atoms with Crippen molar-refractivity contribution in [2.75, 3.05) is 18.4 Å². The molecule has 2 heterocycles. The molecule has 3 heteroatoms. The van der Waals surface area contributed by atoms with E-state index < -0.39 is 0 Å². The predicted molar refractivity (Wildman–Crippen MR) is 82.6 cm³/mol. The number of rotatable bonds is 5. The molecule has 0 unspecified atom stereocenters. The monoisotopic (exact) mass is 272 g/mol. The first kappa shape index (κ1) is 12.7. The van der Waals surface area contributed by atoms with E-state index in [-0.39, 0.29) is 0 Å². The highest BCUT2D eigenvalue weighted by Crippen LogP contribution is 2.16. The van der Waals surface area contributed by atoms with E-state index in [0.29, 0.717) is 0 Å². The third kappa shape index (κ3) is 3.58. The van der Waals surface area contributed by atoms with Gasteiger partial charge in [-0.25, -0.2) is 0 Å². The molecule has 1 N–H and O–H groups in total. The van der Waals surface area contributed by atoms with E-state index in [0.717, 1.165) is 13.1 Å². The number of benzene rings is 1. The molecule has 0 bridgehead atoms. The molecular formula is C16H20N2S. The first-order valence-corrected chi connectivity index (χ1v) is 7.86. The molecule has 2 nitrogen and oxygen atoms in total. The van der Waals surface area contributed by atoms with Crippen LogP contribution in [0.5, 0.6) is 0 Å².